The number of aryl methyl sites for hydroxylation is 1. The van der Waals surface area contributed by atoms with Crippen LogP contribution in [-0.4, -0.2) is 8.42 Å². The molecule has 0 saturated heterocycles. The lowest BCUT2D eigenvalue weighted by molar-refractivity contribution is 0.586. The summed E-state index contributed by atoms with van der Waals surface area (Å²) in [6.07, 6.45) is 1.87. The van der Waals surface area contributed by atoms with Crippen molar-refractivity contribution >= 4 is 21.6 Å². The van der Waals surface area contributed by atoms with E-state index < -0.39 is 10.0 Å². The molecule has 1 aromatic rings. The molecule has 0 amide bonds. The Kier molecular flexibility index (Phi) is 4.35. The van der Waals surface area contributed by atoms with Gasteiger partial charge in [-0.25, -0.2) is 13.6 Å². The van der Waals surface area contributed by atoms with Crippen molar-refractivity contribution in [2.24, 2.45) is 11.1 Å². The lowest BCUT2D eigenvalue weighted by Gasteiger charge is -2.07. The Hall–Kier alpha value is -0.580. The lowest BCUT2D eigenvalue weighted by atomic mass is 10.0. The van der Waals surface area contributed by atoms with Gasteiger partial charge in [0.25, 0.3) is 0 Å². The third-order valence-corrected chi connectivity index (χ3v) is 3.61. The van der Waals surface area contributed by atoms with Gasteiger partial charge in [-0.15, -0.1) is 0 Å². The van der Waals surface area contributed by atoms with E-state index in [0.29, 0.717) is 10.9 Å². The maximum atomic E-state index is 11.1. The van der Waals surface area contributed by atoms with Crippen molar-refractivity contribution in [2.75, 3.05) is 0 Å². The molecule has 16 heavy (non-hydrogen) atoms. The number of hydrogen-bond donors (Lipinski definition) is 1. The van der Waals surface area contributed by atoms with Crippen molar-refractivity contribution in [1.29, 1.82) is 0 Å². The summed E-state index contributed by atoms with van der Waals surface area (Å²) < 4.78 is 22.2. The number of hydrogen-bond acceptors (Lipinski definition) is 2. The van der Waals surface area contributed by atoms with E-state index in [1.807, 2.05) is 0 Å². The Morgan fingerprint density at radius 1 is 1.38 bits per heavy atom. The molecule has 0 spiro atoms. The first kappa shape index (κ1) is 13.5. The molecule has 0 radical (unpaired) electrons. The van der Waals surface area contributed by atoms with Crippen LogP contribution >= 0.6 is 11.6 Å². The van der Waals surface area contributed by atoms with E-state index in [4.69, 9.17) is 16.7 Å². The Labute approximate surface area is 102 Å². The van der Waals surface area contributed by atoms with Crippen molar-refractivity contribution in [3.63, 3.8) is 0 Å². The van der Waals surface area contributed by atoms with Crippen molar-refractivity contribution in [1.82, 2.24) is 0 Å². The Bertz CT molecular complexity index is 469. The average Bonchev–Trinajstić information content (AvgIpc) is 2.14. The fraction of sp³-hybridized carbons (Fsp3) is 0.455. The number of sulfonamides is 1. The number of rotatable bonds is 4. The molecule has 0 unspecified atom stereocenters. The Morgan fingerprint density at radius 3 is 2.44 bits per heavy atom. The summed E-state index contributed by atoms with van der Waals surface area (Å²) in [4.78, 5) is 0.0609. The minimum atomic E-state index is -3.66. The molecule has 1 rings (SSSR count). The van der Waals surface area contributed by atoms with Crippen molar-refractivity contribution in [2.45, 2.75) is 31.6 Å². The van der Waals surface area contributed by atoms with E-state index in [2.05, 4.69) is 13.8 Å². The van der Waals surface area contributed by atoms with Crippen LogP contribution in [-0.2, 0) is 16.4 Å². The van der Waals surface area contributed by atoms with Crippen molar-refractivity contribution in [3.05, 3.63) is 28.8 Å². The Morgan fingerprint density at radius 2 is 2.00 bits per heavy atom. The van der Waals surface area contributed by atoms with E-state index >= 15 is 0 Å². The summed E-state index contributed by atoms with van der Waals surface area (Å²) >= 11 is 6.00. The summed E-state index contributed by atoms with van der Waals surface area (Å²) in [6.45, 7) is 4.26. The van der Waals surface area contributed by atoms with Gasteiger partial charge >= 0.3 is 0 Å². The first-order valence-corrected chi connectivity index (χ1v) is 7.04. The summed E-state index contributed by atoms with van der Waals surface area (Å²) in [5.41, 5.74) is 0.961. The van der Waals surface area contributed by atoms with Crippen LogP contribution in [0.2, 0.25) is 5.02 Å². The molecule has 2 N–H and O–H groups in total. The molecule has 5 heteroatoms. The molecule has 0 atom stereocenters. The number of benzene rings is 1. The molecule has 0 bridgehead atoms. The SMILES string of the molecule is CC(C)CCc1ccc(S(N)(=O)=O)cc1Cl. The van der Waals surface area contributed by atoms with Gasteiger partial charge in [-0.3, -0.25) is 0 Å². The smallest absolute Gasteiger partial charge is 0.225 e. The summed E-state index contributed by atoms with van der Waals surface area (Å²) in [7, 11) is -3.66. The van der Waals surface area contributed by atoms with Gasteiger partial charge in [0.15, 0.2) is 0 Å². The summed E-state index contributed by atoms with van der Waals surface area (Å²) in [5, 5.41) is 5.48. The predicted octanol–water partition coefficient (Wildman–Crippen LogP) is 2.58. The zero-order chi connectivity index (χ0) is 12.3. The van der Waals surface area contributed by atoms with Gasteiger partial charge in [-0.05, 0) is 36.5 Å². The molecule has 1 aromatic carbocycles. The van der Waals surface area contributed by atoms with Crippen LogP contribution in [0, 0.1) is 5.92 Å². The molecule has 0 aromatic heterocycles. The maximum Gasteiger partial charge on any atom is 0.238 e. The second-order valence-electron chi connectivity index (χ2n) is 4.23. The highest BCUT2D eigenvalue weighted by Gasteiger charge is 2.10. The van der Waals surface area contributed by atoms with Crippen LogP contribution in [0.1, 0.15) is 25.8 Å². The molecule has 0 aliphatic heterocycles. The van der Waals surface area contributed by atoms with Gasteiger partial charge in [-0.1, -0.05) is 31.5 Å². The van der Waals surface area contributed by atoms with Crippen LogP contribution in [0.25, 0.3) is 0 Å². The first-order valence-electron chi connectivity index (χ1n) is 5.12. The molecular formula is C11H16ClNO2S. The molecule has 0 fully saturated rings. The number of halogens is 1. The predicted molar refractivity (Wildman–Crippen MR) is 66.0 cm³/mol. The van der Waals surface area contributed by atoms with Gasteiger partial charge in [0.2, 0.25) is 10.0 Å². The molecule has 0 saturated carbocycles. The largest absolute Gasteiger partial charge is 0.238 e. The highest BCUT2D eigenvalue weighted by Crippen LogP contribution is 2.22. The first-order chi connectivity index (χ1) is 7.30. The van der Waals surface area contributed by atoms with Crippen LogP contribution in [0.5, 0.6) is 0 Å². The molecule has 0 aliphatic carbocycles. The monoisotopic (exact) mass is 261 g/mol. The van der Waals surface area contributed by atoms with Crippen LogP contribution in [0.15, 0.2) is 23.1 Å². The van der Waals surface area contributed by atoms with Crippen LogP contribution in [0.3, 0.4) is 0 Å². The van der Waals surface area contributed by atoms with Gasteiger partial charge in [0, 0.05) is 5.02 Å². The summed E-state index contributed by atoms with van der Waals surface area (Å²) in [6, 6.07) is 4.63. The normalized spacial score (nSPS) is 12.1. The van der Waals surface area contributed by atoms with Crippen LogP contribution < -0.4 is 5.14 Å². The number of nitrogens with two attached hydrogens (primary N) is 1. The zero-order valence-electron chi connectivity index (χ0n) is 9.40. The lowest BCUT2D eigenvalue weighted by Crippen LogP contribution is -2.12. The van der Waals surface area contributed by atoms with E-state index in [1.165, 1.54) is 12.1 Å². The average molecular weight is 262 g/mol. The number of primary sulfonamides is 1. The van der Waals surface area contributed by atoms with Gasteiger partial charge in [-0.2, -0.15) is 0 Å². The topological polar surface area (TPSA) is 60.2 Å². The quantitative estimate of drug-likeness (QED) is 0.906. The van der Waals surface area contributed by atoms with Gasteiger partial charge in [0.1, 0.15) is 0 Å². The standard InChI is InChI=1S/C11H16ClNO2S/c1-8(2)3-4-9-5-6-10(7-11(9)12)16(13,14)15/h5-8H,3-4H2,1-2H3,(H2,13,14,15). The molecule has 0 heterocycles. The fourth-order valence-corrected chi connectivity index (χ4v) is 2.23. The molecule has 3 nitrogen and oxygen atoms in total. The minimum Gasteiger partial charge on any atom is -0.225 e. The van der Waals surface area contributed by atoms with E-state index in [9.17, 15) is 8.42 Å². The minimum absolute atomic E-state index is 0.0609. The molecular weight excluding hydrogens is 246 g/mol. The molecule has 90 valence electrons. The molecule has 0 aliphatic rings. The van der Waals surface area contributed by atoms with Crippen LogP contribution in [0.4, 0.5) is 0 Å². The maximum absolute atomic E-state index is 11.1. The van der Waals surface area contributed by atoms with Crippen molar-refractivity contribution in [3.8, 4) is 0 Å². The highest BCUT2D eigenvalue weighted by atomic mass is 35.5. The van der Waals surface area contributed by atoms with E-state index in [-0.39, 0.29) is 4.90 Å². The Balaban J connectivity index is 2.92. The highest BCUT2D eigenvalue weighted by molar-refractivity contribution is 7.89. The van der Waals surface area contributed by atoms with Gasteiger partial charge in [0.05, 0.1) is 4.90 Å². The van der Waals surface area contributed by atoms with E-state index in [0.717, 1.165) is 18.4 Å². The third kappa shape index (κ3) is 3.77. The van der Waals surface area contributed by atoms with Crippen molar-refractivity contribution < 1.29 is 8.42 Å². The summed E-state index contributed by atoms with van der Waals surface area (Å²) in [5.74, 6) is 0.592. The zero-order valence-corrected chi connectivity index (χ0v) is 11.0. The third-order valence-electron chi connectivity index (χ3n) is 2.34. The van der Waals surface area contributed by atoms with E-state index in [1.54, 1.807) is 6.07 Å². The second kappa shape index (κ2) is 5.17. The van der Waals surface area contributed by atoms with Gasteiger partial charge < -0.3 is 0 Å². The second-order valence-corrected chi connectivity index (χ2v) is 6.20. The fourth-order valence-electron chi connectivity index (χ4n) is 1.35.